The van der Waals surface area contributed by atoms with E-state index in [1.165, 1.54) is 38.1 Å². The molecular formula is C33H44FN7O4S2. The molecule has 1 saturated carbocycles. The van der Waals surface area contributed by atoms with Crippen LogP contribution < -0.4 is 25.6 Å². The summed E-state index contributed by atoms with van der Waals surface area (Å²) in [6, 6.07) is 9.21. The summed E-state index contributed by atoms with van der Waals surface area (Å²) in [7, 11) is 4.93. The standard InChI is InChI=1S/C33H44FN7O4S2/c1-6-30(33(44)36-17-22-7-8-22)35-18-27(16-28-19-46-20-37-28)39-32(43)25-13-24(14-29(15-25)41(5)47(45)40(3)4)31(42)38-21(2)23-9-11-26(34)12-10-23/h9-15,19-22,27,30,35H,6-8,16-18H2,1-5H3,(H,36,44)(H,38,42)(H,39,43)/t21-,27+,30+,47?/m1/s1. The second-order valence-electron chi connectivity index (χ2n) is 12.0. The van der Waals surface area contributed by atoms with Crippen LogP contribution in [-0.4, -0.2) is 77.5 Å². The fourth-order valence-corrected chi connectivity index (χ4v) is 6.28. The van der Waals surface area contributed by atoms with Crippen LogP contribution in [0.3, 0.4) is 0 Å². The fourth-order valence-electron chi connectivity index (χ4n) is 4.94. The largest absolute Gasteiger partial charge is 0.354 e. The van der Waals surface area contributed by atoms with Gasteiger partial charge in [0.25, 0.3) is 11.8 Å². The van der Waals surface area contributed by atoms with E-state index >= 15 is 0 Å². The second-order valence-corrected chi connectivity index (χ2v) is 14.4. The highest BCUT2D eigenvalue weighted by atomic mass is 32.2. The molecule has 254 valence electrons. The molecule has 1 heterocycles. The van der Waals surface area contributed by atoms with Crippen molar-refractivity contribution >= 4 is 45.9 Å². The third kappa shape index (κ3) is 10.6. The maximum absolute atomic E-state index is 13.8. The first kappa shape index (κ1) is 36.1. The Balaban J connectivity index is 1.55. The molecule has 4 atom stereocenters. The minimum absolute atomic E-state index is 0.0618. The lowest BCUT2D eigenvalue weighted by atomic mass is 10.0. The first-order chi connectivity index (χ1) is 22.4. The minimum atomic E-state index is -1.59. The van der Waals surface area contributed by atoms with Crippen molar-refractivity contribution in [2.75, 3.05) is 38.5 Å². The van der Waals surface area contributed by atoms with Crippen molar-refractivity contribution in [1.29, 1.82) is 0 Å². The van der Waals surface area contributed by atoms with Gasteiger partial charge in [-0.2, -0.15) is 0 Å². The molecule has 14 heteroatoms. The Hall–Kier alpha value is -3.72. The van der Waals surface area contributed by atoms with E-state index in [2.05, 4.69) is 26.3 Å². The topological polar surface area (TPSA) is 136 Å². The van der Waals surface area contributed by atoms with E-state index in [4.69, 9.17) is 0 Å². The van der Waals surface area contributed by atoms with Gasteiger partial charge in [-0.1, -0.05) is 19.1 Å². The normalized spacial score (nSPS) is 15.4. The van der Waals surface area contributed by atoms with E-state index in [1.54, 1.807) is 57.8 Å². The zero-order chi connectivity index (χ0) is 34.1. The second kappa shape index (κ2) is 16.9. The van der Waals surface area contributed by atoms with E-state index in [0.29, 0.717) is 43.1 Å². The maximum Gasteiger partial charge on any atom is 0.251 e. The van der Waals surface area contributed by atoms with Gasteiger partial charge >= 0.3 is 0 Å². The molecule has 0 radical (unpaired) electrons. The summed E-state index contributed by atoms with van der Waals surface area (Å²) in [4.78, 5) is 44.5. The number of halogens is 1. The maximum atomic E-state index is 13.8. The van der Waals surface area contributed by atoms with Gasteiger partial charge in [0.1, 0.15) is 5.82 Å². The summed E-state index contributed by atoms with van der Waals surface area (Å²) in [6.45, 7) is 4.70. The Morgan fingerprint density at radius 3 is 2.28 bits per heavy atom. The van der Waals surface area contributed by atoms with Crippen LogP contribution in [0.2, 0.25) is 0 Å². The van der Waals surface area contributed by atoms with Gasteiger partial charge in [-0.15, -0.1) is 11.3 Å². The summed E-state index contributed by atoms with van der Waals surface area (Å²) in [6.07, 6.45) is 3.30. The van der Waals surface area contributed by atoms with Gasteiger partial charge in [-0.3, -0.25) is 18.7 Å². The van der Waals surface area contributed by atoms with Crippen LogP contribution in [-0.2, 0) is 22.4 Å². The zero-order valence-electron chi connectivity index (χ0n) is 27.4. The Labute approximate surface area is 282 Å². The molecule has 1 aromatic heterocycles. The molecule has 0 aliphatic heterocycles. The number of benzene rings is 2. The number of carbonyl (C=O) groups is 3. The van der Waals surface area contributed by atoms with Crippen molar-refractivity contribution in [3.05, 3.63) is 81.6 Å². The molecule has 2 aromatic carbocycles. The van der Waals surface area contributed by atoms with Gasteiger partial charge in [-0.05, 0) is 68.0 Å². The van der Waals surface area contributed by atoms with Crippen molar-refractivity contribution in [3.8, 4) is 0 Å². The lowest BCUT2D eigenvalue weighted by Crippen LogP contribution is -2.50. The smallest absolute Gasteiger partial charge is 0.251 e. The predicted octanol–water partition coefficient (Wildman–Crippen LogP) is 3.59. The Bertz CT molecular complexity index is 1530. The molecule has 4 rings (SSSR count). The SMILES string of the molecule is CC[C@H](NC[C@H](Cc1cscn1)NC(=O)c1cc(C(=O)N[C@H](C)c2ccc(F)cc2)cc(N(C)S(=O)N(C)C)c1)C(=O)NCC1CC1. The van der Waals surface area contributed by atoms with Crippen LogP contribution in [0.25, 0.3) is 0 Å². The molecule has 4 N–H and O–H groups in total. The number of hydrogen-bond donors (Lipinski definition) is 4. The van der Waals surface area contributed by atoms with Crippen LogP contribution in [0.5, 0.6) is 0 Å². The number of amides is 3. The molecule has 0 saturated heterocycles. The van der Waals surface area contributed by atoms with Crippen molar-refractivity contribution in [3.63, 3.8) is 0 Å². The van der Waals surface area contributed by atoms with Crippen molar-refractivity contribution in [1.82, 2.24) is 30.6 Å². The molecule has 1 aliphatic rings. The average molecular weight is 686 g/mol. The van der Waals surface area contributed by atoms with Gasteiger partial charge in [0, 0.05) is 63.2 Å². The molecule has 0 bridgehead atoms. The van der Waals surface area contributed by atoms with Gasteiger partial charge < -0.3 is 21.3 Å². The number of thiazole rings is 1. The lowest BCUT2D eigenvalue weighted by Gasteiger charge is -2.24. The minimum Gasteiger partial charge on any atom is -0.354 e. The Morgan fingerprint density at radius 2 is 1.70 bits per heavy atom. The van der Waals surface area contributed by atoms with E-state index < -0.39 is 41.1 Å². The third-order valence-corrected chi connectivity index (χ3v) is 9.88. The number of hydrogen-bond acceptors (Lipinski definition) is 7. The number of aromatic nitrogens is 1. The quantitative estimate of drug-likeness (QED) is 0.172. The number of carbonyl (C=O) groups excluding carboxylic acids is 3. The first-order valence-electron chi connectivity index (χ1n) is 15.7. The Morgan fingerprint density at radius 1 is 1.04 bits per heavy atom. The molecule has 1 unspecified atom stereocenters. The van der Waals surface area contributed by atoms with Crippen molar-refractivity contribution < 1.29 is 23.0 Å². The van der Waals surface area contributed by atoms with Crippen LogP contribution in [0, 0.1) is 11.7 Å². The highest BCUT2D eigenvalue weighted by Gasteiger charge is 2.26. The molecular weight excluding hydrogens is 642 g/mol. The van der Waals surface area contributed by atoms with Crippen LogP contribution in [0.1, 0.15) is 71.1 Å². The van der Waals surface area contributed by atoms with Crippen molar-refractivity contribution in [2.45, 2.75) is 57.7 Å². The summed E-state index contributed by atoms with van der Waals surface area (Å²) in [5.41, 5.74) is 4.03. The zero-order valence-corrected chi connectivity index (χ0v) is 29.1. The summed E-state index contributed by atoms with van der Waals surface area (Å²) < 4.78 is 29.4. The molecule has 1 fully saturated rings. The number of nitrogens with one attached hydrogen (secondary N) is 4. The van der Waals surface area contributed by atoms with Crippen LogP contribution in [0.4, 0.5) is 10.1 Å². The molecule has 3 amide bonds. The lowest BCUT2D eigenvalue weighted by molar-refractivity contribution is -0.123. The third-order valence-electron chi connectivity index (χ3n) is 7.94. The number of rotatable bonds is 17. The highest BCUT2D eigenvalue weighted by molar-refractivity contribution is 7.84. The van der Waals surface area contributed by atoms with Gasteiger partial charge in [-0.25, -0.2) is 17.9 Å². The van der Waals surface area contributed by atoms with Gasteiger partial charge in [0.05, 0.1) is 29.0 Å². The van der Waals surface area contributed by atoms with E-state index in [1.807, 2.05) is 12.3 Å². The van der Waals surface area contributed by atoms with E-state index in [0.717, 1.165) is 18.5 Å². The molecule has 11 nitrogen and oxygen atoms in total. The van der Waals surface area contributed by atoms with Gasteiger partial charge in [0.2, 0.25) is 5.91 Å². The summed E-state index contributed by atoms with van der Waals surface area (Å²) in [5, 5.41) is 14.2. The molecule has 0 spiro atoms. The van der Waals surface area contributed by atoms with Gasteiger partial charge in [0.15, 0.2) is 11.2 Å². The summed E-state index contributed by atoms with van der Waals surface area (Å²) >= 11 is -0.133. The average Bonchev–Trinajstić information content (AvgIpc) is 3.75. The van der Waals surface area contributed by atoms with E-state index in [-0.39, 0.29) is 22.9 Å². The fraction of sp³-hybridized carbons (Fsp3) is 0.455. The molecule has 1 aliphatic carbocycles. The highest BCUT2D eigenvalue weighted by Crippen LogP contribution is 2.27. The Kier molecular flexibility index (Phi) is 13.0. The molecule has 3 aromatic rings. The van der Waals surface area contributed by atoms with E-state index in [9.17, 15) is 23.0 Å². The monoisotopic (exact) mass is 685 g/mol. The number of nitrogens with zero attached hydrogens (tertiary/aromatic N) is 3. The predicted molar refractivity (Wildman–Crippen MR) is 184 cm³/mol. The molecule has 47 heavy (non-hydrogen) atoms. The first-order valence-corrected chi connectivity index (χ1v) is 17.7. The van der Waals surface area contributed by atoms with Crippen LogP contribution in [0.15, 0.2) is 53.4 Å². The number of anilines is 1. The van der Waals surface area contributed by atoms with Crippen LogP contribution >= 0.6 is 11.3 Å². The summed E-state index contributed by atoms with van der Waals surface area (Å²) in [5.74, 6) is -0.766. The van der Waals surface area contributed by atoms with Crippen molar-refractivity contribution in [2.24, 2.45) is 5.92 Å².